The highest BCUT2D eigenvalue weighted by Crippen LogP contribution is 2.19. The molecule has 0 saturated heterocycles. The van der Waals surface area contributed by atoms with E-state index in [0.29, 0.717) is 5.56 Å². The first-order chi connectivity index (χ1) is 6.49. The molecule has 1 aromatic carbocycles. The molecule has 0 aliphatic carbocycles. The number of benzene rings is 1. The monoisotopic (exact) mass is 211 g/mol. The van der Waals surface area contributed by atoms with Gasteiger partial charge in [-0.05, 0) is 31.0 Å². The lowest BCUT2D eigenvalue weighted by atomic mass is 10.1. The maximum atomic E-state index is 11.4. The summed E-state index contributed by atoms with van der Waals surface area (Å²) in [6.07, 6.45) is 1.17. The van der Waals surface area contributed by atoms with Crippen LogP contribution in [0.4, 0.5) is 0 Å². The van der Waals surface area contributed by atoms with Crippen LogP contribution < -0.4 is 0 Å². The molecule has 0 bridgehead atoms. The molecule has 5 heteroatoms. The van der Waals surface area contributed by atoms with Crippen LogP contribution in [0.15, 0.2) is 23.1 Å². The summed E-state index contributed by atoms with van der Waals surface area (Å²) in [5, 5.41) is 8.17. The van der Waals surface area contributed by atoms with Crippen molar-refractivity contribution in [2.24, 2.45) is 0 Å². The molecule has 0 unspecified atom stereocenters. The Kier molecular flexibility index (Phi) is 2.77. The third-order valence-electron chi connectivity index (χ3n) is 1.97. The Hall–Kier alpha value is -1.54. The van der Waals surface area contributed by atoms with E-state index in [1.165, 1.54) is 12.3 Å². The van der Waals surface area contributed by atoms with Gasteiger partial charge in [-0.25, -0.2) is 0 Å². The summed E-state index contributed by atoms with van der Waals surface area (Å²) in [5.74, 6) is 0. The largest absolute Gasteiger partial charge is 0.349 e. The molecule has 1 rings (SSSR count). The third-order valence-corrected chi connectivity index (χ3v) is 3.25. The van der Waals surface area contributed by atoms with Crippen molar-refractivity contribution in [3.05, 3.63) is 29.3 Å². The Bertz CT molecular complexity index is 485. The minimum atomic E-state index is -3.92. The number of rotatable bonds is 2. The average Bonchev–Trinajstić information content (AvgIpc) is 2.09. The number of hydrogen-bond acceptors (Lipinski definition) is 4. The average molecular weight is 211 g/mol. The molecule has 0 aliphatic heterocycles. The van der Waals surface area contributed by atoms with Gasteiger partial charge in [0.05, 0.1) is 0 Å². The first-order valence-electron chi connectivity index (χ1n) is 3.88. The summed E-state index contributed by atoms with van der Waals surface area (Å²) in [7, 11) is -3.92. The van der Waals surface area contributed by atoms with Crippen LogP contribution in [0.5, 0.6) is 0 Å². The minimum Gasteiger partial charge on any atom is -0.299 e. The van der Waals surface area contributed by atoms with Crippen molar-refractivity contribution < 1.29 is 12.6 Å². The molecule has 0 amide bonds. The Morgan fingerprint density at radius 3 is 2.57 bits per heavy atom. The second kappa shape index (κ2) is 3.68. The van der Waals surface area contributed by atoms with Gasteiger partial charge in [0.15, 0.2) is 0 Å². The molecule has 0 heterocycles. The van der Waals surface area contributed by atoms with Crippen LogP contribution in [0, 0.1) is 25.4 Å². The number of nitriles is 1. The molecule has 74 valence electrons. The van der Waals surface area contributed by atoms with Crippen LogP contribution in [0.2, 0.25) is 0 Å². The lowest BCUT2D eigenvalue weighted by molar-refractivity contribution is 0.458. The van der Waals surface area contributed by atoms with E-state index in [1.807, 2.05) is 0 Å². The van der Waals surface area contributed by atoms with Crippen molar-refractivity contribution in [1.29, 1.82) is 5.26 Å². The van der Waals surface area contributed by atoms with Gasteiger partial charge in [-0.2, -0.15) is 8.42 Å². The fourth-order valence-electron chi connectivity index (χ4n) is 1.09. The molecule has 0 spiro atoms. The number of nitrogens with zero attached hydrogens (tertiary/aromatic N) is 1. The molecule has 0 radical (unpaired) electrons. The second-order valence-corrected chi connectivity index (χ2v) is 4.34. The lowest BCUT2D eigenvalue weighted by Gasteiger charge is -2.05. The van der Waals surface area contributed by atoms with Gasteiger partial charge in [-0.1, -0.05) is 12.1 Å². The predicted molar refractivity (Wildman–Crippen MR) is 49.8 cm³/mol. The second-order valence-electron chi connectivity index (χ2n) is 2.83. The molecular formula is C9H9NO3S. The summed E-state index contributed by atoms with van der Waals surface area (Å²) in [6.45, 7) is 3.46. The molecule has 14 heavy (non-hydrogen) atoms. The van der Waals surface area contributed by atoms with Crippen LogP contribution in [-0.2, 0) is 14.3 Å². The van der Waals surface area contributed by atoms with E-state index in [1.54, 1.807) is 26.0 Å². The van der Waals surface area contributed by atoms with Crippen LogP contribution in [0.25, 0.3) is 0 Å². The van der Waals surface area contributed by atoms with Gasteiger partial charge in [0.2, 0.25) is 0 Å². The molecule has 4 nitrogen and oxygen atoms in total. The fraction of sp³-hybridized carbons (Fsp3) is 0.222. The summed E-state index contributed by atoms with van der Waals surface area (Å²) >= 11 is 0. The van der Waals surface area contributed by atoms with E-state index in [0.717, 1.165) is 5.56 Å². The van der Waals surface area contributed by atoms with Crippen molar-refractivity contribution in [1.82, 2.24) is 0 Å². The van der Waals surface area contributed by atoms with Crippen molar-refractivity contribution in [2.75, 3.05) is 0 Å². The first kappa shape index (κ1) is 10.5. The maximum absolute atomic E-state index is 11.4. The van der Waals surface area contributed by atoms with Gasteiger partial charge in [0, 0.05) is 0 Å². The van der Waals surface area contributed by atoms with E-state index in [4.69, 9.17) is 5.26 Å². The Morgan fingerprint density at radius 2 is 2.00 bits per heavy atom. The SMILES string of the molecule is Cc1cccc(S(=O)(=O)OC#N)c1C. The highest BCUT2D eigenvalue weighted by Gasteiger charge is 2.18. The number of hydrogen-bond donors (Lipinski definition) is 0. The first-order valence-corrected chi connectivity index (χ1v) is 5.28. The molecule has 0 saturated carbocycles. The molecule has 0 fully saturated rings. The van der Waals surface area contributed by atoms with Crippen LogP contribution >= 0.6 is 0 Å². The third kappa shape index (κ3) is 1.86. The van der Waals surface area contributed by atoms with Crippen molar-refractivity contribution >= 4 is 10.1 Å². The topological polar surface area (TPSA) is 67.2 Å². The van der Waals surface area contributed by atoms with Crippen LogP contribution in [-0.4, -0.2) is 8.42 Å². The van der Waals surface area contributed by atoms with Gasteiger partial charge >= 0.3 is 16.4 Å². The molecular weight excluding hydrogens is 202 g/mol. The van der Waals surface area contributed by atoms with Crippen molar-refractivity contribution in [2.45, 2.75) is 18.7 Å². The summed E-state index contributed by atoms with van der Waals surface area (Å²) in [5.41, 5.74) is 1.44. The molecule has 0 aliphatic rings. The van der Waals surface area contributed by atoms with E-state index >= 15 is 0 Å². The van der Waals surface area contributed by atoms with Gasteiger partial charge in [0.25, 0.3) is 0 Å². The zero-order chi connectivity index (χ0) is 10.8. The summed E-state index contributed by atoms with van der Waals surface area (Å²) in [4.78, 5) is 0.0408. The standard InChI is InChI=1S/C9H9NO3S/c1-7-4-3-5-9(8(7)2)14(11,12)13-6-10/h3-5H,1-2H3. The molecule has 0 atom stereocenters. The molecule has 0 aromatic heterocycles. The highest BCUT2D eigenvalue weighted by atomic mass is 32.2. The zero-order valence-corrected chi connectivity index (χ0v) is 8.63. The normalized spacial score (nSPS) is 10.6. The van der Waals surface area contributed by atoms with Gasteiger partial charge in [0.1, 0.15) is 4.90 Å². The lowest BCUT2D eigenvalue weighted by Crippen LogP contribution is -2.05. The van der Waals surface area contributed by atoms with Crippen LogP contribution in [0.3, 0.4) is 0 Å². The molecule has 1 aromatic rings. The highest BCUT2D eigenvalue weighted by molar-refractivity contribution is 7.87. The minimum absolute atomic E-state index is 0.0408. The van der Waals surface area contributed by atoms with E-state index in [-0.39, 0.29) is 4.90 Å². The van der Waals surface area contributed by atoms with Crippen molar-refractivity contribution in [3.63, 3.8) is 0 Å². The van der Waals surface area contributed by atoms with Gasteiger partial charge in [-0.3, -0.25) is 4.18 Å². The fourth-order valence-corrected chi connectivity index (χ4v) is 2.06. The van der Waals surface area contributed by atoms with E-state index in [2.05, 4.69) is 4.18 Å². The van der Waals surface area contributed by atoms with E-state index < -0.39 is 10.1 Å². The summed E-state index contributed by atoms with van der Waals surface area (Å²) < 4.78 is 26.8. The predicted octanol–water partition coefficient (Wildman–Crippen LogP) is 1.49. The van der Waals surface area contributed by atoms with Gasteiger partial charge in [-0.15, -0.1) is 5.26 Å². The Morgan fingerprint density at radius 1 is 1.36 bits per heavy atom. The van der Waals surface area contributed by atoms with Crippen molar-refractivity contribution in [3.8, 4) is 6.26 Å². The Labute approximate surface area is 82.9 Å². The maximum Gasteiger partial charge on any atom is 0.349 e. The quantitative estimate of drug-likeness (QED) is 0.549. The summed E-state index contributed by atoms with van der Waals surface area (Å²) in [6, 6.07) is 4.81. The molecule has 0 N–H and O–H groups in total. The van der Waals surface area contributed by atoms with Crippen LogP contribution in [0.1, 0.15) is 11.1 Å². The number of aryl methyl sites for hydroxylation is 1. The smallest absolute Gasteiger partial charge is 0.299 e. The Balaban J connectivity index is 3.35. The van der Waals surface area contributed by atoms with E-state index in [9.17, 15) is 8.42 Å². The van der Waals surface area contributed by atoms with Gasteiger partial charge < -0.3 is 0 Å². The zero-order valence-electron chi connectivity index (χ0n) is 7.81.